The van der Waals surface area contributed by atoms with E-state index in [-0.39, 0.29) is 29.3 Å². The number of hydrogen-bond donors (Lipinski definition) is 1. The van der Waals surface area contributed by atoms with Crippen LogP contribution in [0.4, 0.5) is 8.78 Å². The number of nitrogens with one attached hydrogen (secondary N) is 1. The zero-order valence-electron chi connectivity index (χ0n) is 20.2. The molecule has 3 atom stereocenters. The molecule has 7 heteroatoms. The molecule has 0 aliphatic carbocycles. The summed E-state index contributed by atoms with van der Waals surface area (Å²) in [6.45, 7) is 9.43. The average molecular weight is 490 g/mol. The van der Waals surface area contributed by atoms with Crippen molar-refractivity contribution < 1.29 is 13.6 Å². The predicted octanol–water partition coefficient (Wildman–Crippen LogP) is 5.39. The maximum Gasteiger partial charge on any atom is 0.227 e. The number of benzene rings is 2. The van der Waals surface area contributed by atoms with Crippen molar-refractivity contribution in [2.75, 3.05) is 32.7 Å². The Bertz CT molecular complexity index is 998. The molecule has 2 aliphatic rings. The highest BCUT2D eigenvalue weighted by atomic mass is 35.5. The molecule has 2 aliphatic heterocycles. The van der Waals surface area contributed by atoms with Crippen LogP contribution in [-0.4, -0.2) is 54.0 Å². The van der Waals surface area contributed by atoms with E-state index < -0.39 is 11.6 Å². The van der Waals surface area contributed by atoms with E-state index in [9.17, 15) is 13.6 Å². The van der Waals surface area contributed by atoms with Crippen LogP contribution in [0.25, 0.3) is 0 Å². The minimum absolute atomic E-state index is 0.0622. The first-order valence-electron chi connectivity index (χ1n) is 12.1. The van der Waals surface area contributed by atoms with Crippen molar-refractivity contribution in [3.63, 3.8) is 0 Å². The van der Waals surface area contributed by atoms with Crippen LogP contribution in [0, 0.1) is 17.6 Å². The third-order valence-corrected chi connectivity index (χ3v) is 7.48. The maximum atomic E-state index is 14.8. The monoisotopic (exact) mass is 489 g/mol. The molecule has 1 N–H and O–H groups in total. The van der Waals surface area contributed by atoms with Gasteiger partial charge in [-0.15, -0.1) is 0 Å². The fourth-order valence-electron chi connectivity index (χ4n) is 5.23. The number of hydrogen-bond acceptors (Lipinski definition) is 3. The molecular formula is C27H34ClF2N3O. The second-order valence-corrected chi connectivity index (χ2v) is 10.9. The largest absolute Gasteiger partial charge is 0.341 e. The van der Waals surface area contributed by atoms with Gasteiger partial charge in [0, 0.05) is 61.3 Å². The van der Waals surface area contributed by atoms with E-state index in [1.807, 2.05) is 29.2 Å². The standard InChI is InChI=1S/C27H34ClF2N3O/c1-27(2,3)33-16-22(21-11-10-20(29)15-24(21)30)23(17-33)26(34)32-13-4-5-25(31-12-14-32)18-6-8-19(28)9-7-18/h6-11,15,22-23,25,31H,4-5,12-14,16-17H2,1-3H3/t22-,23+,25?/m0/s1. The van der Waals surface area contributed by atoms with E-state index in [4.69, 9.17) is 11.6 Å². The highest BCUT2D eigenvalue weighted by molar-refractivity contribution is 6.30. The van der Waals surface area contributed by atoms with Crippen LogP contribution in [-0.2, 0) is 4.79 Å². The summed E-state index contributed by atoms with van der Waals surface area (Å²) in [4.78, 5) is 17.9. The third-order valence-electron chi connectivity index (χ3n) is 7.23. The summed E-state index contributed by atoms with van der Waals surface area (Å²) in [5.41, 5.74) is 1.49. The van der Waals surface area contributed by atoms with Gasteiger partial charge >= 0.3 is 0 Å². The molecule has 0 spiro atoms. The van der Waals surface area contributed by atoms with E-state index in [2.05, 4.69) is 31.0 Å². The molecule has 2 fully saturated rings. The van der Waals surface area contributed by atoms with E-state index in [0.29, 0.717) is 38.3 Å². The van der Waals surface area contributed by atoms with Crippen molar-refractivity contribution >= 4 is 17.5 Å². The quantitative estimate of drug-likeness (QED) is 0.628. The van der Waals surface area contributed by atoms with E-state index in [1.54, 1.807) is 0 Å². The Hall–Kier alpha value is -2.02. The number of amides is 1. The number of nitrogens with zero attached hydrogens (tertiary/aromatic N) is 2. The van der Waals surface area contributed by atoms with Crippen LogP contribution < -0.4 is 5.32 Å². The molecule has 2 aromatic carbocycles. The highest BCUT2D eigenvalue weighted by Crippen LogP contribution is 2.38. The van der Waals surface area contributed by atoms with Crippen molar-refractivity contribution in [3.8, 4) is 0 Å². The number of carbonyl (C=O) groups is 1. The third kappa shape index (κ3) is 5.61. The summed E-state index contributed by atoms with van der Waals surface area (Å²) < 4.78 is 28.3. The molecule has 1 unspecified atom stereocenters. The van der Waals surface area contributed by atoms with E-state index in [0.717, 1.165) is 23.9 Å². The lowest BCUT2D eigenvalue weighted by Crippen LogP contribution is -2.45. The number of rotatable bonds is 3. The van der Waals surface area contributed by atoms with Gasteiger partial charge in [-0.1, -0.05) is 29.8 Å². The van der Waals surface area contributed by atoms with Crippen molar-refractivity contribution in [1.29, 1.82) is 0 Å². The Morgan fingerprint density at radius 2 is 1.79 bits per heavy atom. The predicted molar refractivity (Wildman–Crippen MR) is 132 cm³/mol. The lowest BCUT2D eigenvalue weighted by atomic mass is 9.87. The van der Waals surface area contributed by atoms with Gasteiger partial charge in [0.25, 0.3) is 0 Å². The van der Waals surface area contributed by atoms with Gasteiger partial charge in [0.05, 0.1) is 5.92 Å². The maximum absolute atomic E-state index is 14.8. The Labute approximate surface area is 206 Å². The van der Waals surface area contributed by atoms with Gasteiger partial charge in [-0.2, -0.15) is 0 Å². The minimum atomic E-state index is -0.597. The summed E-state index contributed by atoms with van der Waals surface area (Å²) in [5, 5.41) is 4.30. The Morgan fingerprint density at radius 3 is 2.47 bits per heavy atom. The van der Waals surface area contributed by atoms with Gasteiger partial charge in [0.2, 0.25) is 5.91 Å². The van der Waals surface area contributed by atoms with Crippen LogP contribution in [0.15, 0.2) is 42.5 Å². The molecule has 1 amide bonds. The Balaban J connectivity index is 1.48. The SMILES string of the molecule is CC(C)(C)N1C[C@@H](C(=O)N2CCCC(c3ccc(Cl)cc3)NCC2)[C@H](c2ccc(F)cc2F)C1. The fourth-order valence-corrected chi connectivity index (χ4v) is 5.35. The topological polar surface area (TPSA) is 35.6 Å². The van der Waals surface area contributed by atoms with Crippen LogP contribution in [0.5, 0.6) is 0 Å². The average Bonchev–Trinajstić information content (AvgIpc) is 3.20. The van der Waals surface area contributed by atoms with Gasteiger partial charge in [-0.3, -0.25) is 9.69 Å². The molecule has 0 saturated carbocycles. The van der Waals surface area contributed by atoms with Crippen molar-refractivity contribution in [2.45, 2.75) is 51.1 Å². The minimum Gasteiger partial charge on any atom is -0.341 e. The van der Waals surface area contributed by atoms with Crippen LogP contribution in [0.3, 0.4) is 0 Å². The molecule has 4 rings (SSSR count). The first kappa shape index (κ1) is 25.1. The van der Waals surface area contributed by atoms with E-state index >= 15 is 0 Å². The summed E-state index contributed by atoms with van der Waals surface area (Å²) in [7, 11) is 0. The van der Waals surface area contributed by atoms with Gasteiger partial charge in [0.1, 0.15) is 11.6 Å². The van der Waals surface area contributed by atoms with Crippen LogP contribution in [0.1, 0.15) is 56.7 Å². The second kappa shape index (κ2) is 10.3. The molecule has 2 aromatic rings. The molecular weight excluding hydrogens is 456 g/mol. The first-order chi connectivity index (χ1) is 16.1. The Morgan fingerprint density at radius 1 is 1.06 bits per heavy atom. The van der Waals surface area contributed by atoms with E-state index in [1.165, 1.54) is 17.7 Å². The molecule has 184 valence electrons. The molecule has 2 saturated heterocycles. The molecule has 34 heavy (non-hydrogen) atoms. The number of likely N-dealkylation sites (tertiary alicyclic amines) is 1. The second-order valence-electron chi connectivity index (χ2n) is 10.5. The normalized spacial score (nSPS) is 24.6. The van der Waals surface area contributed by atoms with Crippen molar-refractivity contribution in [2.24, 2.45) is 5.92 Å². The summed E-state index contributed by atoms with van der Waals surface area (Å²) >= 11 is 6.03. The summed E-state index contributed by atoms with van der Waals surface area (Å²) in [5.74, 6) is -1.76. The summed E-state index contributed by atoms with van der Waals surface area (Å²) in [6, 6.07) is 11.9. The van der Waals surface area contributed by atoms with Gasteiger partial charge in [-0.05, 0) is 62.9 Å². The lowest BCUT2D eigenvalue weighted by molar-refractivity contribution is -0.136. The van der Waals surface area contributed by atoms with Gasteiger partial charge in [-0.25, -0.2) is 8.78 Å². The van der Waals surface area contributed by atoms with Crippen LogP contribution >= 0.6 is 11.6 Å². The van der Waals surface area contributed by atoms with Gasteiger partial charge in [0.15, 0.2) is 0 Å². The Kier molecular flexibility index (Phi) is 7.60. The van der Waals surface area contributed by atoms with Crippen molar-refractivity contribution in [1.82, 2.24) is 15.1 Å². The zero-order chi connectivity index (χ0) is 24.5. The van der Waals surface area contributed by atoms with Gasteiger partial charge < -0.3 is 10.2 Å². The fraction of sp³-hybridized carbons (Fsp3) is 0.519. The molecule has 0 aromatic heterocycles. The molecule has 4 nitrogen and oxygen atoms in total. The molecule has 0 radical (unpaired) electrons. The lowest BCUT2D eigenvalue weighted by Gasteiger charge is -2.33. The molecule has 2 heterocycles. The summed E-state index contributed by atoms with van der Waals surface area (Å²) in [6.07, 6.45) is 1.79. The molecule has 0 bridgehead atoms. The smallest absolute Gasteiger partial charge is 0.227 e. The highest BCUT2D eigenvalue weighted by Gasteiger charge is 2.44. The zero-order valence-corrected chi connectivity index (χ0v) is 20.9. The number of carbonyl (C=O) groups excluding carboxylic acids is 1. The first-order valence-corrected chi connectivity index (χ1v) is 12.5. The van der Waals surface area contributed by atoms with Crippen LogP contribution in [0.2, 0.25) is 5.02 Å². The number of halogens is 3. The van der Waals surface area contributed by atoms with Crippen molar-refractivity contribution in [3.05, 3.63) is 70.2 Å².